The highest BCUT2D eigenvalue weighted by Gasteiger charge is 2.47. The first kappa shape index (κ1) is 15.3. The summed E-state index contributed by atoms with van der Waals surface area (Å²) in [7, 11) is 0. The maximum atomic E-state index is 12.9. The van der Waals surface area contributed by atoms with Crippen molar-refractivity contribution in [2.24, 2.45) is 10.8 Å². The smallest absolute Gasteiger partial charge is 0.311 e. The van der Waals surface area contributed by atoms with E-state index in [-0.39, 0.29) is 11.3 Å². The van der Waals surface area contributed by atoms with Gasteiger partial charge in [0.05, 0.1) is 5.41 Å². The van der Waals surface area contributed by atoms with E-state index in [9.17, 15) is 14.7 Å². The van der Waals surface area contributed by atoms with Crippen LogP contribution in [0.15, 0.2) is 0 Å². The minimum atomic E-state index is -0.741. The minimum absolute atomic E-state index is 0.199. The summed E-state index contributed by atoms with van der Waals surface area (Å²) in [6.07, 6.45) is 7.21. The molecule has 1 saturated heterocycles. The zero-order valence-corrected chi connectivity index (χ0v) is 12.8. The van der Waals surface area contributed by atoms with E-state index >= 15 is 0 Å². The molecule has 2 fully saturated rings. The molecule has 0 radical (unpaired) electrons. The van der Waals surface area contributed by atoms with Crippen LogP contribution >= 0.6 is 0 Å². The maximum Gasteiger partial charge on any atom is 0.311 e. The van der Waals surface area contributed by atoms with E-state index in [4.69, 9.17) is 0 Å². The number of nitrogens with zero attached hydrogens (tertiary/aromatic N) is 1. The highest BCUT2D eigenvalue weighted by molar-refractivity contribution is 5.84. The van der Waals surface area contributed by atoms with Gasteiger partial charge in [0.2, 0.25) is 5.91 Å². The number of rotatable bonds is 4. The molecule has 1 aliphatic carbocycles. The number of hydrogen-bond acceptors (Lipinski definition) is 2. The van der Waals surface area contributed by atoms with E-state index in [0.29, 0.717) is 19.4 Å². The average molecular weight is 281 g/mol. The van der Waals surface area contributed by atoms with Crippen molar-refractivity contribution >= 4 is 11.9 Å². The zero-order chi connectivity index (χ0) is 14.8. The lowest BCUT2D eigenvalue weighted by Gasteiger charge is -2.43. The van der Waals surface area contributed by atoms with Crippen LogP contribution in [0.2, 0.25) is 0 Å². The van der Waals surface area contributed by atoms with Gasteiger partial charge < -0.3 is 10.0 Å². The van der Waals surface area contributed by atoms with E-state index in [1.165, 1.54) is 0 Å². The van der Waals surface area contributed by atoms with Crippen LogP contribution in [0.5, 0.6) is 0 Å². The third-order valence-electron chi connectivity index (χ3n) is 5.69. The van der Waals surface area contributed by atoms with Crippen molar-refractivity contribution in [1.82, 2.24) is 4.90 Å². The molecule has 1 aliphatic heterocycles. The zero-order valence-electron chi connectivity index (χ0n) is 12.8. The SMILES string of the molecule is CCC1(C(=O)O)CCCN(C(=O)C2(CC)CCCC2)C1. The van der Waals surface area contributed by atoms with Crippen LogP contribution in [0.1, 0.15) is 65.2 Å². The van der Waals surface area contributed by atoms with E-state index in [0.717, 1.165) is 45.1 Å². The Balaban J connectivity index is 2.16. The number of aliphatic carboxylic acids is 1. The Labute approximate surface area is 121 Å². The van der Waals surface area contributed by atoms with Crippen LogP contribution in [-0.2, 0) is 9.59 Å². The summed E-state index contributed by atoms with van der Waals surface area (Å²) in [5.41, 5.74) is -0.920. The van der Waals surface area contributed by atoms with Crippen LogP contribution in [0.4, 0.5) is 0 Å². The highest BCUT2D eigenvalue weighted by atomic mass is 16.4. The van der Waals surface area contributed by atoms with Crippen molar-refractivity contribution < 1.29 is 14.7 Å². The number of piperidine rings is 1. The van der Waals surface area contributed by atoms with Gasteiger partial charge in [0.1, 0.15) is 0 Å². The third kappa shape index (κ3) is 2.45. The first-order valence-electron chi connectivity index (χ1n) is 8.02. The van der Waals surface area contributed by atoms with Gasteiger partial charge in [-0.3, -0.25) is 9.59 Å². The van der Waals surface area contributed by atoms with E-state index in [1.54, 1.807) is 0 Å². The monoisotopic (exact) mass is 281 g/mol. The lowest BCUT2D eigenvalue weighted by molar-refractivity contribution is -0.158. The molecular weight excluding hydrogens is 254 g/mol. The Morgan fingerprint density at radius 2 is 1.55 bits per heavy atom. The van der Waals surface area contributed by atoms with Crippen LogP contribution in [0, 0.1) is 10.8 Å². The summed E-state index contributed by atoms with van der Waals surface area (Å²) in [6, 6.07) is 0. The van der Waals surface area contributed by atoms with Crippen molar-refractivity contribution in [3.05, 3.63) is 0 Å². The van der Waals surface area contributed by atoms with Gasteiger partial charge in [-0.15, -0.1) is 0 Å². The van der Waals surface area contributed by atoms with E-state index in [2.05, 4.69) is 6.92 Å². The second-order valence-corrected chi connectivity index (χ2v) is 6.61. The fourth-order valence-electron chi connectivity index (χ4n) is 4.03. The van der Waals surface area contributed by atoms with Crippen LogP contribution < -0.4 is 0 Å². The van der Waals surface area contributed by atoms with Gasteiger partial charge in [0.25, 0.3) is 0 Å². The predicted octanol–water partition coefficient (Wildman–Crippen LogP) is 3.06. The number of carboxylic acid groups (broad SMARTS) is 1. The first-order chi connectivity index (χ1) is 9.49. The van der Waals surface area contributed by atoms with Crippen molar-refractivity contribution in [2.75, 3.05) is 13.1 Å². The Morgan fingerprint density at radius 3 is 2.05 bits per heavy atom. The van der Waals surface area contributed by atoms with Crippen LogP contribution in [-0.4, -0.2) is 35.0 Å². The molecular formula is C16H27NO3. The van der Waals surface area contributed by atoms with Gasteiger partial charge >= 0.3 is 5.97 Å². The average Bonchev–Trinajstić information content (AvgIpc) is 2.96. The largest absolute Gasteiger partial charge is 0.481 e. The summed E-state index contributed by atoms with van der Waals surface area (Å²) in [5, 5.41) is 9.54. The van der Waals surface area contributed by atoms with Crippen molar-refractivity contribution in [3.8, 4) is 0 Å². The Bertz CT molecular complexity index is 387. The Kier molecular flexibility index (Phi) is 4.40. The maximum absolute atomic E-state index is 12.9. The molecule has 20 heavy (non-hydrogen) atoms. The molecule has 0 aromatic heterocycles. The van der Waals surface area contributed by atoms with Gasteiger partial charge in [0, 0.05) is 18.5 Å². The second-order valence-electron chi connectivity index (χ2n) is 6.61. The summed E-state index contributed by atoms with van der Waals surface area (Å²) in [4.78, 5) is 26.4. The van der Waals surface area contributed by atoms with Crippen molar-refractivity contribution in [1.29, 1.82) is 0 Å². The molecule has 4 nitrogen and oxygen atoms in total. The summed E-state index contributed by atoms with van der Waals surface area (Å²) in [6.45, 7) is 5.15. The molecule has 1 N–H and O–H groups in total. The molecule has 0 spiro atoms. The molecule has 1 saturated carbocycles. The predicted molar refractivity (Wildman–Crippen MR) is 77.4 cm³/mol. The van der Waals surface area contributed by atoms with Gasteiger partial charge in [-0.2, -0.15) is 0 Å². The summed E-state index contributed by atoms with van der Waals surface area (Å²) in [5.74, 6) is -0.522. The normalized spacial score (nSPS) is 29.4. The molecule has 2 rings (SSSR count). The molecule has 0 bridgehead atoms. The molecule has 1 amide bonds. The number of amides is 1. The molecule has 1 unspecified atom stereocenters. The molecule has 0 aromatic carbocycles. The summed E-state index contributed by atoms with van der Waals surface area (Å²) < 4.78 is 0. The second kappa shape index (κ2) is 5.74. The highest BCUT2D eigenvalue weighted by Crippen LogP contribution is 2.44. The lowest BCUT2D eigenvalue weighted by Crippen LogP contribution is -2.53. The number of carboxylic acids is 1. The third-order valence-corrected chi connectivity index (χ3v) is 5.69. The first-order valence-corrected chi connectivity index (χ1v) is 8.02. The van der Waals surface area contributed by atoms with Crippen molar-refractivity contribution in [2.45, 2.75) is 65.2 Å². The fraction of sp³-hybridized carbons (Fsp3) is 0.875. The fourth-order valence-corrected chi connectivity index (χ4v) is 4.03. The summed E-state index contributed by atoms with van der Waals surface area (Å²) >= 11 is 0. The lowest BCUT2D eigenvalue weighted by atomic mass is 9.75. The molecule has 0 aromatic rings. The van der Waals surface area contributed by atoms with Gasteiger partial charge in [-0.1, -0.05) is 26.7 Å². The number of likely N-dealkylation sites (tertiary alicyclic amines) is 1. The molecule has 114 valence electrons. The van der Waals surface area contributed by atoms with E-state index < -0.39 is 11.4 Å². The van der Waals surface area contributed by atoms with Gasteiger partial charge in [0.15, 0.2) is 0 Å². The van der Waals surface area contributed by atoms with Gasteiger partial charge in [-0.25, -0.2) is 0 Å². The van der Waals surface area contributed by atoms with Gasteiger partial charge in [-0.05, 0) is 38.5 Å². The molecule has 1 atom stereocenters. The topological polar surface area (TPSA) is 57.6 Å². The van der Waals surface area contributed by atoms with Crippen molar-refractivity contribution in [3.63, 3.8) is 0 Å². The molecule has 2 aliphatic rings. The molecule has 1 heterocycles. The van der Waals surface area contributed by atoms with Crippen LogP contribution in [0.3, 0.4) is 0 Å². The minimum Gasteiger partial charge on any atom is -0.481 e. The quantitative estimate of drug-likeness (QED) is 0.861. The van der Waals surface area contributed by atoms with Crippen LogP contribution in [0.25, 0.3) is 0 Å². The van der Waals surface area contributed by atoms with E-state index in [1.807, 2.05) is 11.8 Å². The molecule has 4 heteroatoms. The Morgan fingerprint density at radius 1 is 1.00 bits per heavy atom. The number of carbonyl (C=O) groups is 2. The number of hydrogen-bond donors (Lipinski definition) is 1. The number of carbonyl (C=O) groups excluding carboxylic acids is 1. The Hall–Kier alpha value is -1.06. The standard InChI is InChI=1S/C16H27NO3/c1-3-15(8-5-6-9-15)13(18)17-11-7-10-16(4-2,12-17)14(19)20/h3-12H2,1-2H3,(H,19,20).